The highest BCUT2D eigenvalue weighted by atomic mass is 16.5. The summed E-state index contributed by atoms with van der Waals surface area (Å²) >= 11 is 0. The van der Waals surface area contributed by atoms with Gasteiger partial charge in [-0.05, 0) is 13.1 Å². The van der Waals surface area contributed by atoms with Crippen LogP contribution in [0.25, 0.3) is 6.08 Å². The number of nitrogens with zero attached hydrogens (tertiary/aromatic N) is 1. The van der Waals surface area contributed by atoms with Crippen molar-refractivity contribution in [3.8, 4) is 0 Å². The Kier molecular flexibility index (Phi) is 4.50. The Hall–Kier alpha value is -1.68. The molecule has 0 aromatic carbocycles. The lowest BCUT2D eigenvalue weighted by molar-refractivity contribution is 0.0594. The lowest BCUT2D eigenvalue weighted by Crippen LogP contribution is -2.07. The molecule has 0 saturated carbocycles. The van der Waals surface area contributed by atoms with E-state index in [1.165, 1.54) is 7.11 Å². The first kappa shape index (κ1) is 11.4. The molecule has 80 valence electrons. The number of esters is 1. The summed E-state index contributed by atoms with van der Waals surface area (Å²) in [6, 6.07) is 3.61. The molecule has 0 fully saturated rings. The molecule has 0 unspecified atom stereocenters. The quantitative estimate of drug-likeness (QED) is 0.749. The molecule has 4 nitrogen and oxygen atoms in total. The molecular formula is C11H14N2O2. The summed E-state index contributed by atoms with van der Waals surface area (Å²) in [6.45, 7) is 0.746. The van der Waals surface area contributed by atoms with Crippen LogP contribution in [-0.4, -0.2) is 31.7 Å². The van der Waals surface area contributed by atoms with E-state index in [4.69, 9.17) is 0 Å². The molecule has 0 aliphatic heterocycles. The maximum absolute atomic E-state index is 11.3. The summed E-state index contributed by atoms with van der Waals surface area (Å²) in [4.78, 5) is 15.3. The van der Waals surface area contributed by atoms with Crippen LogP contribution in [0.5, 0.6) is 0 Å². The van der Waals surface area contributed by atoms with Crippen molar-refractivity contribution in [1.29, 1.82) is 0 Å². The van der Waals surface area contributed by atoms with Gasteiger partial charge in [-0.25, -0.2) is 9.78 Å². The summed E-state index contributed by atoms with van der Waals surface area (Å²) in [5.74, 6) is -0.417. The molecular weight excluding hydrogens is 192 g/mol. The van der Waals surface area contributed by atoms with Crippen LogP contribution >= 0.6 is 0 Å². The van der Waals surface area contributed by atoms with E-state index in [9.17, 15) is 4.79 Å². The number of methoxy groups -OCH3 is 1. The van der Waals surface area contributed by atoms with Gasteiger partial charge in [0.15, 0.2) is 5.69 Å². The number of hydrogen-bond acceptors (Lipinski definition) is 4. The highest BCUT2D eigenvalue weighted by Crippen LogP contribution is 2.08. The highest BCUT2D eigenvalue weighted by molar-refractivity contribution is 5.91. The first-order valence-electron chi connectivity index (χ1n) is 4.64. The van der Waals surface area contributed by atoms with Gasteiger partial charge in [0.2, 0.25) is 0 Å². The Labute approximate surface area is 89.0 Å². The van der Waals surface area contributed by atoms with E-state index in [-0.39, 0.29) is 0 Å². The van der Waals surface area contributed by atoms with E-state index < -0.39 is 5.97 Å². The van der Waals surface area contributed by atoms with Crippen molar-refractivity contribution in [3.05, 3.63) is 35.7 Å². The van der Waals surface area contributed by atoms with Crippen molar-refractivity contribution in [1.82, 2.24) is 10.3 Å². The zero-order valence-corrected chi connectivity index (χ0v) is 8.86. The van der Waals surface area contributed by atoms with Gasteiger partial charge in [-0.15, -0.1) is 0 Å². The van der Waals surface area contributed by atoms with Crippen LogP contribution in [0.3, 0.4) is 0 Å². The predicted molar refractivity (Wildman–Crippen MR) is 58.5 cm³/mol. The van der Waals surface area contributed by atoms with Crippen LogP contribution in [0.1, 0.15) is 16.1 Å². The van der Waals surface area contributed by atoms with Crippen LogP contribution in [0, 0.1) is 0 Å². The SMILES string of the molecule is CNCC=Cc1cccnc1C(=O)OC. The van der Waals surface area contributed by atoms with Gasteiger partial charge in [0.1, 0.15) is 0 Å². The largest absolute Gasteiger partial charge is 0.464 e. The van der Waals surface area contributed by atoms with Gasteiger partial charge in [0, 0.05) is 18.3 Å². The zero-order chi connectivity index (χ0) is 11.1. The molecule has 1 rings (SSSR count). The van der Waals surface area contributed by atoms with Crippen LogP contribution in [0.4, 0.5) is 0 Å². The minimum atomic E-state index is -0.417. The highest BCUT2D eigenvalue weighted by Gasteiger charge is 2.09. The molecule has 0 aliphatic rings. The average molecular weight is 206 g/mol. The number of rotatable bonds is 4. The monoisotopic (exact) mass is 206 g/mol. The Balaban J connectivity index is 2.91. The number of likely N-dealkylation sites (N-methyl/N-ethyl adjacent to an activating group) is 1. The fraction of sp³-hybridized carbons (Fsp3) is 0.273. The maximum Gasteiger partial charge on any atom is 0.357 e. The predicted octanol–water partition coefficient (Wildman–Crippen LogP) is 1.10. The van der Waals surface area contributed by atoms with Crippen molar-refractivity contribution in [2.24, 2.45) is 0 Å². The minimum Gasteiger partial charge on any atom is -0.464 e. The summed E-state index contributed by atoms with van der Waals surface area (Å²) in [5.41, 5.74) is 1.10. The molecule has 15 heavy (non-hydrogen) atoms. The van der Waals surface area contributed by atoms with Crippen LogP contribution < -0.4 is 5.32 Å². The smallest absolute Gasteiger partial charge is 0.357 e. The first-order chi connectivity index (χ1) is 7.29. The molecule has 1 heterocycles. The molecule has 0 spiro atoms. The molecule has 0 saturated heterocycles. The topological polar surface area (TPSA) is 51.2 Å². The number of aromatic nitrogens is 1. The van der Waals surface area contributed by atoms with Crippen LogP contribution in [-0.2, 0) is 4.74 Å². The second-order valence-corrected chi connectivity index (χ2v) is 2.89. The molecule has 1 N–H and O–H groups in total. The van der Waals surface area contributed by atoms with E-state index in [1.54, 1.807) is 12.3 Å². The van der Waals surface area contributed by atoms with E-state index in [2.05, 4.69) is 15.0 Å². The average Bonchev–Trinajstić information content (AvgIpc) is 2.29. The third-order valence-electron chi connectivity index (χ3n) is 1.84. The van der Waals surface area contributed by atoms with Crippen molar-refractivity contribution >= 4 is 12.0 Å². The molecule has 0 bridgehead atoms. The van der Waals surface area contributed by atoms with Gasteiger partial charge >= 0.3 is 5.97 Å². The molecule has 0 atom stereocenters. The van der Waals surface area contributed by atoms with Crippen molar-refractivity contribution < 1.29 is 9.53 Å². The number of pyridine rings is 1. The van der Waals surface area contributed by atoms with Crippen molar-refractivity contribution in [2.45, 2.75) is 0 Å². The van der Waals surface area contributed by atoms with Gasteiger partial charge in [-0.3, -0.25) is 0 Å². The van der Waals surface area contributed by atoms with Crippen LogP contribution in [0.15, 0.2) is 24.4 Å². The Morgan fingerprint density at radius 3 is 3.13 bits per heavy atom. The zero-order valence-electron chi connectivity index (χ0n) is 8.86. The van der Waals surface area contributed by atoms with Gasteiger partial charge in [-0.2, -0.15) is 0 Å². The Bertz CT molecular complexity index is 361. The van der Waals surface area contributed by atoms with Gasteiger partial charge < -0.3 is 10.1 Å². The van der Waals surface area contributed by atoms with E-state index in [0.717, 1.165) is 12.1 Å². The molecule has 0 amide bonds. The van der Waals surface area contributed by atoms with Gasteiger partial charge in [0.05, 0.1) is 7.11 Å². The fourth-order valence-corrected chi connectivity index (χ4v) is 1.12. The van der Waals surface area contributed by atoms with Crippen LogP contribution in [0.2, 0.25) is 0 Å². The third kappa shape index (κ3) is 3.18. The van der Waals surface area contributed by atoms with Crippen molar-refractivity contribution in [2.75, 3.05) is 20.7 Å². The molecule has 1 aromatic rings. The Morgan fingerprint density at radius 2 is 2.47 bits per heavy atom. The first-order valence-corrected chi connectivity index (χ1v) is 4.64. The molecule has 0 aliphatic carbocycles. The normalized spacial score (nSPS) is 10.5. The second kappa shape index (κ2) is 5.93. The third-order valence-corrected chi connectivity index (χ3v) is 1.84. The number of carbonyl (C=O) groups excluding carboxylic acids is 1. The van der Waals surface area contributed by atoms with E-state index >= 15 is 0 Å². The maximum atomic E-state index is 11.3. The molecule has 0 radical (unpaired) electrons. The second-order valence-electron chi connectivity index (χ2n) is 2.89. The van der Waals surface area contributed by atoms with Gasteiger partial charge in [-0.1, -0.05) is 18.2 Å². The molecule has 4 heteroatoms. The minimum absolute atomic E-state index is 0.340. The lowest BCUT2D eigenvalue weighted by atomic mass is 10.2. The standard InChI is InChI=1S/C11H14N2O2/c1-12-7-3-5-9-6-4-8-13-10(9)11(14)15-2/h3-6,8,12H,7H2,1-2H3. The van der Waals surface area contributed by atoms with E-state index in [1.807, 2.05) is 25.3 Å². The summed E-state index contributed by atoms with van der Waals surface area (Å²) in [5, 5.41) is 2.98. The summed E-state index contributed by atoms with van der Waals surface area (Å²) in [6.07, 6.45) is 5.33. The lowest BCUT2D eigenvalue weighted by Gasteiger charge is -2.01. The van der Waals surface area contributed by atoms with E-state index in [0.29, 0.717) is 5.69 Å². The summed E-state index contributed by atoms with van der Waals surface area (Å²) < 4.78 is 4.63. The van der Waals surface area contributed by atoms with Gasteiger partial charge in [0.25, 0.3) is 0 Å². The fourth-order valence-electron chi connectivity index (χ4n) is 1.12. The summed E-state index contributed by atoms with van der Waals surface area (Å²) in [7, 11) is 3.20. The number of carbonyl (C=O) groups is 1. The number of ether oxygens (including phenoxy) is 1. The number of nitrogens with one attached hydrogen (secondary N) is 1. The number of hydrogen-bond donors (Lipinski definition) is 1. The Morgan fingerprint density at radius 1 is 1.67 bits per heavy atom. The molecule has 1 aromatic heterocycles. The van der Waals surface area contributed by atoms with Crippen molar-refractivity contribution in [3.63, 3.8) is 0 Å².